The zero-order valence-electron chi connectivity index (χ0n) is 9.45. The molecule has 5 heteroatoms. The Kier molecular flexibility index (Phi) is 3.85. The van der Waals surface area contributed by atoms with Crippen LogP contribution in [0.3, 0.4) is 0 Å². The summed E-state index contributed by atoms with van der Waals surface area (Å²) in [5.41, 5.74) is 7.51. The molecule has 0 radical (unpaired) electrons. The molecule has 0 spiro atoms. The van der Waals surface area contributed by atoms with E-state index in [1.807, 2.05) is 20.2 Å². The van der Waals surface area contributed by atoms with Crippen molar-refractivity contribution in [3.8, 4) is 0 Å². The lowest BCUT2D eigenvalue weighted by Gasteiger charge is -2.06. The fourth-order valence-corrected chi connectivity index (χ4v) is 1.37. The van der Waals surface area contributed by atoms with Gasteiger partial charge >= 0.3 is 0 Å². The van der Waals surface area contributed by atoms with Crippen LogP contribution in [0.2, 0.25) is 0 Å². The summed E-state index contributed by atoms with van der Waals surface area (Å²) in [6.07, 6.45) is 2.78. The second-order valence-electron chi connectivity index (χ2n) is 3.63. The summed E-state index contributed by atoms with van der Waals surface area (Å²) in [5, 5.41) is 7.06. The molecule has 15 heavy (non-hydrogen) atoms. The minimum atomic E-state index is -0.466. The number of aryl methyl sites for hydroxylation is 2. The first-order chi connectivity index (χ1) is 7.04. The standard InChI is InChI=1S/C10H18N4O/c1-4-9-8(6-14(3)13-9)5-12-10(15)7(2)11/h6-7H,4-5,11H2,1-3H3,(H,12,15). The second kappa shape index (κ2) is 4.93. The van der Waals surface area contributed by atoms with E-state index in [2.05, 4.69) is 10.4 Å². The molecule has 1 rings (SSSR count). The molecule has 0 bridgehead atoms. The number of hydrogen-bond acceptors (Lipinski definition) is 3. The maximum atomic E-state index is 11.3. The van der Waals surface area contributed by atoms with E-state index in [1.165, 1.54) is 0 Å². The van der Waals surface area contributed by atoms with Crippen LogP contribution >= 0.6 is 0 Å². The van der Waals surface area contributed by atoms with Gasteiger partial charge in [0.15, 0.2) is 0 Å². The van der Waals surface area contributed by atoms with E-state index in [-0.39, 0.29) is 5.91 Å². The maximum absolute atomic E-state index is 11.3. The maximum Gasteiger partial charge on any atom is 0.236 e. The molecule has 0 saturated heterocycles. The molecule has 0 aliphatic heterocycles. The number of nitrogens with two attached hydrogens (primary N) is 1. The lowest BCUT2D eigenvalue weighted by molar-refractivity contribution is -0.122. The Bertz CT molecular complexity index is 343. The number of amides is 1. The SMILES string of the molecule is CCc1nn(C)cc1CNC(=O)C(C)N. The summed E-state index contributed by atoms with van der Waals surface area (Å²) in [5.74, 6) is -0.138. The molecule has 1 atom stereocenters. The van der Waals surface area contributed by atoms with E-state index in [0.29, 0.717) is 6.54 Å². The van der Waals surface area contributed by atoms with Gasteiger partial charge < -0.3 is 11.1 Å². The van der Waals surface area contributed by atoms with Gasteiger partial charge in [-0.25, -0.2) is 0 Å². The number of nitrogens with zero attached hydrogens (tertiary/aromatic N) is 2. The first-order valence-corrected chi connectivity index (χ1v) is 5.09. The average Bonchev–Trinajstić information content (AvgIpc) is 2.55. The van der Waals surface area contributed by atoms with Gasteiger partial charge in [-0.15, -0.1) is 0 Å². The van der Waals surface area contributed by atoms with E-state index in [0.717, 1.165) is 17.7 Å². The predicted octanol–water partition coefficient (Wildman–Crippen LogP) is -0.0541. The highest BCUT2D eigenvalue weighted by Gasteiger charge is 2.09. The minimum Gasteiger partial charge on any atom is -0.351 e. The van der Waals surface area contributed by atoms with Gasteiger partial charge in [-0.05, 0) is 13.3 Å². The normalized spacial score (nSPS) is 12.5. The number of nitrogens with one attached hydrogen (secondary N) is 1. The molecule has 0 aliphatic rings. The molecule has 1 aromatic rings. The van der Waals surface area contributed by atoms with Crippen molar-refractivity contribution in [3.05, 3.63) is 17.5 Å². The minimum absolute atomic E-state index is 0.138. The van der Waals surface area contributed by atoms with Gasteiger partial charge in [-0.3, -0.25) is 9.48 Å². The zero-order chi connectivity index (χ0) is 11.4. The number of aromatic nitrogens is 2. The molecule has 3 N–H and O–H groups in total. The van der Waals surface area contributed by atoms with Crippen molar-refractivity contribution in [3.63, 3.8) is 0 Å². The topological polar surface area (TPSA) is 72.9 Å². The monoisotopic (exact) mass is 210 g/mol. The third-order valence-electron chi connectivity index (χ3n) is 2.19. The second-order valence-corrected chi connectivity index (χ2v) is 3.63. The number of hydrogen-bond donors (Lipinski definition) is 2. The first-order valence-electron chi connectivity index (χ1n) is 5.09. The van der Waals surface area contributed by atoms with E-state index in [9.17, 15) is 4.79 Å². The van der Waals surface area contributed by atoms with Crippen molar-refractivity contribution in [2.75, 3.05) is 0 Å². The summed E-state index contributed by atoms with van der Waals surface area (Å²) in [7, 11) is 1.87. The highest BCUT2D eigenvalue weighted by molar-refractivity contribution is 5.80. The van der Waals surface area contributed by atoms with Gasteiger partial charge in [-0.2, -0.15) is 5.10 Å². The van der Waals surface area contributed by atoms with Gasteiger partial charge in [0.25, 0.3) is 0 Å². The summed E-state index contributed by atoms with van der Waals surface area (Å²) in [6, 6.07) is -0.466. The Morgan fingerprint density at radius 2 is 2.40 bits per heavy atom. The van der Waals surface area contributed by atoms with Gasteiger partial charge in [0.2, 0.25) is 5.91 Å². The quantitative estimate of drug-likeness (QED) is 0.731. The number of rotatable bonds is 4. The Hall–Kier alpha value is -1.36. The van der Waals surface area contributed by atoms with Crippen LogP contribution in [-0.2, 0) is 24.8 Å². The molecule has 0 fully saturated rings. The van der Waals surface area contributed by atoms with E-state index in [1.54, 1.807) is 11.6 Å². The lowest BCUT2D eigenvalue weighted by atomic mass is 10.2. The van der Waals surface area contributed by atoms with Crippen molar-refractivity contribution in [2.45, 2.75) is 32.9 Å². The third-order valence-corrected chi connectivity index (χ3v) is 2.19. The molecule has 1 amide bonds. The average molecular weight is 210 g/mol. The molecule has 0 saturated carbocycles. The lowest BCUT2D eigenvalue weighted by Crippen LogP contribution is -2.37. The molecular weight excluding hydrogens is 192 g/mol. The zero-order valence-corrected chi connectivity index (χ0v) is 9.45. The van der Waals surface area contributed by atoms with Crippen LogP contribution in [0, 0.1) is 0 Å². The van der Waals surface area contributed by atoms with Gasteiger partial charge in [0.1, 0.15) is 0 Å². The summed E-state index contributed by atoms with van der Waals surface area (Å²) in [6.45, 7) is 4.20. The molecule has 5 nitrogen and oxygen atoms in total. The molecule has 0 aromatic carbocycles. The summed E-state index contributed by atoms with van der Waals surface area (Å²) in [4.78, 5) is 11.3. The smallest absolute Gasteiger partial charge is 0.236 e. The molecule has 0 aliphatic carbocycles. The number of carbonyl (C=O) groups is 1. The largest absolute Gasteiger partial charge is 0.351 e. The van der Waals surface area contributed by atoms with E-state index >= 15 is 0 Å². The third kappa shape index (κ3) is 3.06. The van der Waals surface area contributed by atoms with Crippen molar-refractivity contribution >= 4 is 5.91 Å². The van der Waals surface area contributed by atoms with Crippen LogP contribution in [0.1, 0.15) is 25.1 Å². The highest BCUT2D eigenvalue weighted by Crippen LogP contribution is 2.06. The van der Waals surface area contributed by atoms with E-state index in [4.69, 9.17) is 5.73 Å². The first kappa shape index (κ1) is 11.7. The molecular formula is C10H18N4O. The van der Waals surface area contributed by atoms with Crippen molar-refractivity contribution in [1.82, 2.24) is 15.1 Å². The van der Waals surface area contributed by atoms with Crippen LogP contribution in [-0.4, -0.2) is 21.7 Å². The van der Waals surface area contributed by atoms with Crippen LogP contribution in [0.4, 0.5) is 0 Å². The van der Waals surface area contributed by atoms with Gasteiger partial charge in [0, 0.05) is 25.4 Å². The molecule has 1 unspecified atom stereocenters. The van der Waals surface area contributed by atoms with Crippen LogP contribution in [0.5, 0.6) is 0 Å². The Morgan fingerprint density at radius 3 is 2.93 bits per heavy atom. The van der Waals surface area contributed by atoms with Crippen molar-refractivity contribution in [2.24, 2.45) is 12.8 Å². The summed E-state index contributed by atoms with van der Waals surface area (Å²) >= 11 is 0. The predicted molar refractivity (Wildman–Crippen MR) is 58.1 cm³/mol. The van der Waals surface area contributed by atoms with Gasteiger partial charge in [-0.1, -0.05) is 6.92 Å². The fraction of sp³-hybridized carbons (Fsp3) is 0.600. The van der Waals surface area contributed by atoms with E-state index < -0.39 is 6.04 Å². The Labute approximate surface area is 89.6 Å². The van der Waals surface area contributed by atoms with Crippen molar-refractivity contribution in [1.29, 1.82) is 0 Å². The molecule has 84 valence electrons. The molecule has 1 aromatic heterocycles. The van der Waals surface area contributed by atoms with Crippen LogP contribution in [0.25, 0.3) is 0 Å². The van der Waals surface area contributed by atoms with Crippen LogP contribution in [0.15, 0.2) is 6.20 Å². The van der Waals surface area contributed by atoms with Crippen molar-refractivity contribution < 1.29 is 4.79 Å². The molecule has 1 heterocycles. The fourth-order valence-electron chi connectivity index (χ4n) is 1.37. The Balaban J connectivity index is 2.60. The summed E-state index contributed by atoms with van der Waals surface area (Å²) < 4.78 is 1.76. The number of carbonyl (C=O) groups excluding carboxylic acids is 1. The Morgan fingerprint density at radius 1 is 1.73 bits per heavy atom. The van der Waals surface area contributed by atoms with Gasteiger partial charge in [0.05, 0.1) is 11.7 Å². The highest BCUT2D eigenvalue weighted by atomic mass is 16.2. The van der Waals surface area contributed by atoms with Crippen LogP contribution < -0.4 is 11.1 Å².